The number of nitrogens with zero attached hydrogens (tertiary/aromatic N) is 1. The average molecular weight is 418 g/mol. The Bertz CT molecular complexity index is 1070. The molecule has 0 aliphatic carbocycles. The standard InChI is InChI=1S/C25H26N2O4/c1-5-29-24(28)21-20(19(15-26)22(25(2,3)4)31-23(21)27)16-10-9-13-18(14-16)30-17-11-7-6-8-12-17/h6-14,20H,5,27H2,1-4H3. The lowest BCUT2D eigenvalue weighted by Gasteiger charge is -2.33. The summed E-state index contributed by atoms with van der Waals surface area (Å²) in [7, 11) is 0. The van der Waals surface area contributed by atoms with Crippen molar-refractivity contribution in [3.63, 3.8) is 0 Å². The molecule has 6 heteroatoms. The normalized spacial score (nSPS) is 16.4. The van der Waals surface area contributed by atoms with Crippen LogP contribution in [0.2, 0.25) is 0 Å². The maximum atomic E-state index is 12.8. The zero-order valence-electron chi connectivity index (χ0n) is 18.1. The second kappa shape index (κ2) is 8.97. The summed E-state index contributed by atoms with van der Waals surface area (Å²) in [4.78, 5) is 12.8. The maximum Gasteiger partial charge on any atom is 0.340 e. The van der Waals surface area contributed by atoms with Gasteiger partial charge in [-0.25, -0.2) is 4.79 Å². The molecule has 0 aromatic heterocycles. The minimum atomic E-state index is -0.730. The lowest BCUT2D eigenvalue weighted by atomic mass is 9.78. The lowest BCUT2D eigenvalue weighted by molar-refractivity contribution is -0.139. The number of hydrogen-bond donors (Lipinski definition) is 1. The summed E-state index contributed by atoms with van der Waals surface area (Å²) in [5.41, 5.74) is 6.81. The van der Waals surface area contributed by atoms with E-state index < -0.39 is 17.3 Å². The molecule has 160 valence electrons. The lowest BCUT2D eigenvalue weighted by Crippen LogP contribution is -2.30. The molecule has 2 aromatic rings. The minimum absolute atomic E-state index is 0.0539. The molecule has 1 aliphatic rings. The van der Waals surface area contributed by atoms with Crippen molar-refractivity contribution in [2.24, 2.45) is 11.1 Å². The second-order valence-electron chi connectivity index (χ2n) is 8.13. The molecule has 2 N–H and O–H groups in total. The van der Waals surface area contributed by atoms with Crippen LogP contribution in [0.25, 0.3) is 0 Å². The predicted octanol–water partition coefficient (Wildman–Crippen LogP) is 5.15. The van der Waals surface area contributed by atoms with Gasteiger partial charge in [-0.05, 0) is 36.8 Å². The smallest absolute Gasteiger partial charge is 0.340 e. The molecular formula is C25H26N2O4. The minimum Gasteiger partial charge on any atom is -0.462 e. The molecule has 0 spiro atoms. The molecule has 1 heterocycles. The molecule has 0 fully saturated rings. The number of benzene rings is 2. The first-order chi connectivity index (χ1) is 14.8. The van der Waals surface area contributed by atoms with Gasteiger partial charge in [0.15, 0.2) is 0 Å². The van der Waals surface area contributed by atoms with Gasteiger partial charge in [0.2, 0.25) is 5.88 Å². The van der Waals surface area contributed by atoms with E-state index in [1.54, 1.807) is 13.0 Å². The number of esters is 1. The zero-order valence-corrected chi connectivity index (χ0v) is 18.1. The Morgan fingerprint density at radius 1 is 1.13 bits per heavy atom. The fourth-order valence-corrected chi connectivity index (χ4v) is 3.45. The van der Waals surface area contributed by atoms with Gasteiger partial charge in [0.25, 0.3) is 0 Å². The summed E-state index contributed by atoms with van der Waals surface area (Å²) in [6, 6.07) is 18.9. The van der Waals surface area contributed by atoms with Crippen molar-refractivity contribution in [1.29, 1.82) is 5.26 Å². The molecular weight excluding hydrogens is 392 g/mol. The Morgan fingerprint density at radius 2 is 1.81 bits per heavy atom. The number of carbonyl (C=O) groups excluding carboxylic acids is 1. The van der Waals surface area contributed by atoms with Crippen molar-refractivity contribution in [2.45, 2.75) is 33.6 Å². The van der Waals surface area contributed by atoms with E-state index in [0.717, 1.165) is 0 Å². The molecule has 3 rings (SSSR count). The summed E-state index contributed by atoms with van der Waals surface area (Å²) in [6.07, 6.45) is 0. The van der Waals surface area contributed by atoms with Crippen molar-refractivity contribution in [3.05, 3.63) is 82.9 Å². The van der Waals surface area contributed by atoms with Gasteiger partial charge in [-0.15, -0.1) is 0 Å². The van der Waals surface area contributed by atoms with E-state index in [1.807, 2.05) is 69.3 Å². The number of rotatable bonds is 5. The van der Waals surface area contributed by atoms with Gasteiger partial charge >= 0.3 is 5.97 Å². The molecule has 0 amide bonds. The SMILES string of the molecule is CCOC(=O)C1=C(N)OC(C(C)(C)C)=C(C#N)C1c1cccc(Oc2ccccc2)c1. The summed E-state index contributed by atoms with van der Waals surface area (Å²) in [6.45, 7) is 7.66. The van der Waals surface area contributed by atoms with E-state index in [2.05, 4.69) is 6.07 Å². The fourth-order valence-electron chi connectivity index (χ4n) is 3.45. The largest absolute Gasteiger partial charge is 0.462 e. The Morgan fingerprint density at radius 3 is 2.42 bits per heavy atom. The number of nitrogens with two attached hydrogens (primary N) is 1. The van der Waals surface area contributed by atoms with E-state index in [0.29, 0.717) is 28.4 Å². The van der Waals surface area contributed by atoms with E-state index in [1.165, 1.54) is 0 Å². The van der Waals surface area contributed by atoms with Crippen molar-refractivity contribution in [2.75, 3.05) is 6.61 Å². The fraction of sp³-hybridized carbons (Fsp3) is 0.280. The van der Waals surface area contributed by atoms with Crippen molar-refractivity contribution in [1.82, 2.24) is 0 Å². The highest BCUT2D eigenvalue weighted by Gasteiger charge is 2.40. The van der Waals surface area contributed by atoms with Crippen LogP contribution < -0.4 is 10.5 Å². The molecule has 2 aromatic carbocycles. The molecule has 0 radical (unpaired) electrons. The van der Waals surface area contributed by atoms with Crippen LogP contribution in [0.3, 0.4) is 0 Å². The van der Waals surface area contributed by atoms with E-state index >= 15 is 0 Å². The third-order valence-electron chi connectivity index (χ3n) is 4.77. The van der Waals surface area contributed by atoms with Gasteiger partial charge in [-0.3, -0.25) is 0 Å². The Hall–Kier alpha value is -3.72. The Labute approximate surface area is 182 Å². The molecule has 1 atom stereocenters. The van der Waals surface area contributed by atoms with Crippen molar-refractivity contribution in [3.8, 4) is 17.6 Å². The number of nitriles is 1. The number of carbonyl (C=O) groups is 1. The summed E-state index contributed by atoms with van der Waals surface area (Å²) < 4.78 is 17.0. The zero-order chi connectivity index (χ0) is 22.6. The number of hydrogen-bond acceptors (Lipinski definition) is 6. The first-order valence-electron chi connectivity index (χ1n) is 10.1. The predicted molar refractivity (Wildman–Crippen MR) is 117 cm³/mol. The molecule has 0 saturated carbocycles. The highest BCUT2D eigenvalue weighted by Crippen LogP contribution is 2.45. The van der Waals surface area contributed by atoms with Crippen LogP contribution in [0.15, 0.2) is 77.4 Å². The first-order valence-corrected chi connectivity index (χ1v) is 10.1. The number of allylic oxidation sites excluding steroid dienone is 2. The van der Waals surface area contributed by atoms with Gasteiger partial charge in [0.1, 0.15) is 22.8 Å². The molecule has 0 saturated heterocycles. The van der Waals surface area contributed by atoms with Gasteiger partial charge in [0.05, 0.1) is 24.2 Å². The molecule has 1 aliphatic heterocycles. The topological polar surface area (TPSA) is 94.6 Å². The monoisotopic (exact) mass is 418 g/mol. The highest BCUT2D eigenvalue weighted by molar-refractivity contribution is 5.92. The quantitative estimate of drug-likeness (QED) is 0.675. The second-order valence-corrected chi connectivity index (χ2v) is 8.13. The van der Waals surface area contributed by atoms with Gasteiger partial charge in [-0.1, -0.05) is 51.1 Å². The van der Waals surface area contributed by atoms with Crippen molar-refractivity contribution < 1.29 is 19.0 Å². The van der Waals surface area contributed by atoms with Crippen LogP contribution in [-0.2, 0) is 14.3 Å². The van der Waals surface area contributed by atoms with E-state index in [9.17, 15) is 10.1 Å². The summed E-state index contributed by atoms with van der Waals surface area (Å²) in [5.74, 6) is 0.290. The van der Waals surface area contributed by atoms with Crippen LogP contribution >= 0.6 is 0 Å². The summed E-state index contributed by atoms with van der Waals surface area (Å²) >= 11 is 0. The third-order valence-corrected chi connectivity index (χ3v) is 4.77. The van der Waals surface area contributed by atoms with Gasteiger partial charge in [-0.2, -0.15) is 5.26 Å². The molecule has 6 nitrogen and oxygen atoms in total. The van der Waals surface area contributed by atoms with Gasteiger partial charge in [0, 0.05) is 5.41 Å². The third kappa shape index (κ3) is 4.72. The summed E-state index contributed by atoms with van der Waals surface area (Å²) in [5, 5.41) is 10.0. The highest BCUT2D eigenvalue weighted by atomic mass is 16.5. The first kappa shape index (κ1) is 22.0. The van der Waals surface area contributed by atoms with Crippen molar-refractivity contribution >= 4 is 5.97 Å². The Balaban J connectivity index is 2.14. The van der Waals surface area contributed by atoms with Gasteiger partial charge < -0.3 is 19.9 Å². The maximum absolute atomic E-state index is 12.8. The van der Waals surface area contributed by atoms with Crippen LogP contribution in [-0.4, -0.2) is 12.6 Å². The average Bonchev–Trinajstić information content (AvgIpc) is 2.73. The van der Waals surface area contributed by atoms with Crippen LogP contribution in [0.5, 0.6) is 11.5 Å². The van der Waals surface area contributed by atoms with Crippen LogP contribution in [0, 0.1) is 16.7 Å². The van der Waals surface area contributed by atoms with Crippen LogP contribution in [0.4, 0.5) is 0 Å². The molecule has 1 unspecified atom stereocenters. The Kier molecular flexibility index (Phi) is 6.36. The number of para-hydroxylation sites is 1. The number of ether oxygens (including phenoxy) is 3. The van der Waals surface area contributed by atoms with E-state index in [4.69, 9.17) is 19.9 Å². The van der Waals surface area contributed by atoms with E-state index in [-0.39, 0.29) is 18.1 Å². The molecule has 31 heavy (non-hydrogen) atoms. The van der Waals surface area contributed by atoms with Crippen LogP contribution in [0.1, 0.15) is 39.2 Å². The molecule has 0 bridgehead atoms.